The van der Waals surface area contributed by atoms with Crippen molar-refractivity contribution in [2.24, 2.45) is 0 Å². The number of para-hydroxylation sites is 2. The van der Waals surface area contributed by atoms with Crippen molar-refractivity contribution >= 4 is 17.3 Å². The number of nitrogen functional groups attached to an aromatic ring is 1. The Morgan fingerprint density at radius 1 is 1.47 bits per heavy atom. The van der Waals surface area contributed by atoms with E-state index in [9.17, 15) is 4.79 Å². The Morgan fingerprint density at radius 3 is 2.79 bits per heavy atom. The monoisotopic (exact) mass is 262 g/mol. The standard InChI is InChI=1S/C15H22N2O2/c1-3-10-17(13-8-5-4-7-12(13)16)14(18)15(2)9-6-11-19-15/h4-5,7-8H,3,6,9-11,16H2,1-2H3. The minimum Gasteiger partial charge on any atom is -0.397 e. The van der Waals surface area contributed by atoms with Gasteiger partial charge in [-0.3, -0.25) is 4.79 Å². The van der Waals surface area contributed by atoms with Gasteiger partial charge in [0.05, 0.1) is 11.4 Å². The van der Waals surface area contributed by atoms with E-state index in [0.717, 1.165) is 24.9 Å². The van der Waals surface area contributed by atoms with Gasteiger partial charge in [-0.05, 0) is 38.3 Å². The predicted octanol–water partition coefficient (Wildman–Crippen LogP) is 2.58. The number of hydrogen-bond donors (Lipinski definition) is 1. The van der Waals surface area contributed by atoms with Gasteiger partial charge >= 0.3 is 0 Å². The molecule has 19 heavy (non-hydrogen) atoms. The first-order chi connectivity index (χ1) is 9.08. The van der Waals surface area contributed by atoms with Crippen LogP contribution in [0.4, 0.5) is 11.4 Å². The zero-order valence-corrected chi connectivity index (χ0v) is 11.7. The van der Waals surface area contributed by atoms with Gasteiger partial charge in [-0.2, -0.15) is 0 Å². The van der Waals surface area contributed by atoms with Crippen molar-refractivity contribution in [2.75, 3.05) is 23.8 Å². The molecule has 1 aromatic carbocycles. The first-order valence-electron chi connectivity index (χ1n) is 6.89. The van der Waals surface area contributed by atoms with E-state index < -0.39 is 5.60 Å². The number of rotatable bonds is 4. The van der Waals surface area contributed by atoms with Crippen LogP contribution in [0.3, 0.4) is 0 Å². The summed E-state index contributed by atoms with van der Waals surface area (Å²) in [6.07, 6.45) is 2.60. The van der Waals surface area contributed by atoms with Crippen LogP contribution in [0.15, 0.2) is 24.3 Å². The van der Waals surface area contributed by atoms with Crippen LogP contribution in [-0.4, -0.2) is 24.7 Å². The average molecular weight is 262 g/mol. The van der Waals surface area contributed by atoms with Crippen molar-refractivity contribution in [3.63, 3.8) is 0 Å². The molecule has 0 aromatic heterocycles. The van der Waals surface area contributed by atoms with E-state index in [4.69, 9.17) is 10.5 Å². The molecule has 4 heteroatoms. The second-order valence-electron chi connectivity index (χ2n) is 5.20. The molecule has 0 aliphatic carbocycles. The van der Waals surface area contributed by atoms with Gasteiger partial charge < -0.3 is 15.4 Å². The summed E-state index contributed by atoms with van der Waals surface area (Å²) in [5, 5.41) is 0. The molecular formula is C15H22N2O2. The summed E-state index contributed by atoms with van der Waals surface area (Å²) in [5.41, 5.74) is 6.71. The van der Waals surface area contributed by atoms with Crippen molar-refractivity contribution in [1.82, 2.24) is 0 Å². The molecule has 1 aliphatic rings. The Bertz CT molecular complexity index is 453. The lowest BCUT2D eigenvalue weighted by atomic mass is 10.00. The van der Waals surface area contributed by atoms with Crippen molar-refractivity contribution in [3.05, 3.63) is 24.3 Å². The highest BCUT2D eigenvalue weighted by Gasteiger charge is 2.41. The zero-order valence-electron chi connectivity index (χ0n) is 11.7. The van der Waals surface area contributed by atoms with Crippen molar-refractivity contribution in [2.45, 2.75) is 38.7 Å². The summed E-state index contributed by atoms with van der Waals surface area (Å²) in [6.45, 7) is 5.25. The molecule has 1 aromatic rings. The lowest BCUT2D eigenvalue weighted by Crippen LogP contribution is -2.47. The summed E-state index contributed by atoms with van der Waals surface area (Å²) in [4.78, 5) is 14.5. The minimum atomic E-state index is -0.697. The largest absolute Gasteiger partial charge is 0.397 e. The van der Waals surface area contributed by atoms with Crippen LogP contribution in [0.1, 0.15) is 33.1 Å². The number of hydrogen-bond acceptors (Lipinski definition) is 3. The fourth-order valence-electron chi connectivity index (χ4n) is 2.52. The van der Waals surface area contributed by atoms with Crippen molar-refractivity contribution < 1.29 is 9.53 Å². The first kappa shape index (κ1) is 13.9. The Hall–Kier alpha value is -1.55. The quantitative estimate of drug-likeness (QED) is 0.848. The third kappa shape index (κ3) is 2.73. The van der Waals surface area contributed by atoms with Crippen LogP contribution in [0.25, 0.3) is 0 Å². The molecule has 2 rings (SSSR count). The molecule has 0 bridgehead atoms. The van der Waals surface area contributed by atoms with Crippen LogP contribution in [-0.2, 0) is 9.53 Å². The maximum Gasteiger partial charge on any atom is 0.258 e. The molecule has 1 atom stereocenters. The number of benzene rings is 1. The number of nitrogens with two attached hydrogens (primary N) is 1. The maximum atomic E-state index is 12.8. The molecule has 1 aliphatic heterocycles. The molecule has 0 saturated carbocycles. The Morgan fingerprint density at radius 2 is 2.21 bits per heavy atom. The lowest BCUT2D eigenvalue weighted by Gasteiger charge is -2.31. The molecular weight excluding hydrogens is 240 g/mol. The molecule has 1 saturated heterocycles. The topological polar surface area (TPSA) is 55.6 Å². The van der Waals surface area contributed by atoms with E-state index >= 15 is 0 Å². The molecule has 1 amide bonds. The van der Waals surface area contributed by atoms with Crippen molar-refractivity contribution in [3.8, 4) is 0 Å². The molecule has 2 N–H and O–H groups in total. The van der Waals surface area contributed by atoms with E-state index in [0.29, 0.717) is 18.8 Å². The Balaban J connectivity index is 2.30. The molecule has 0 radical (unpaired) electrons. The summed E-state index contributed by atoms with van der Waals surface area (Å²) >= 11 is 0. The number of anilines is 2. The third-order valence-corrected chi connectivity index (χ3v) is 3.59. The summed E-state index contributed by atoms with van der Waals surface area (Å²) < 4.78 is 5.66. The van der Waals surface area contributed by atoms with Crippen LogP contribution >= 0.6 is 0 Å². The highest BCUT2D eigenvalue weighted by molar-refractivity contribution is 6.01. The van der Waals surface area contributed by atoms with Crippen LogP contribution in [0.5, 0.6) is 0 Å². The molecule has 104 valence electrons. The maximum absolute atomic E-state index is 12.8. The van der Waals surface area contributed by atoms with Crippen molar-refractivity contribution in [1.29, 1.82) is 0 Å². The van der Waals surface area contributed by atoms with E-state index in [2.05, 4.69) is 6.92 Å². The summed E-state index contributed by atoms with van der Waals surface area (Å²) in [7, 11) is 0. The number of carbonyl (C=O) groups excluding carboxylic acids is 1. The number of ether oxygens (including phenoxy) is 1. The average Bonchev–Trinajstić information content (AvgIpc) is 2.84. The minimum absolute atomic E-state index is 0.0183. The smallest absolute Gasteiger partial charge is 0.258 e. The SMILES string of the molecule is CCCN(C(=O)C1(C)CCCO1)c1ccccc1N. The lowest BCUT2D eigenvalue weighted by molar-refractivity contribution is -0.136. The van der Waals surface area contributed by atoms with Gasteiger partial charge in [0, 0.05) is 13.2 Å². The predicted molar refractivity (Wildman–Crippen MR) is 77.1 cm³/mol. The highest BCUT2D eigenvalue weighted by atomic mass is 16.5. The number of carbonyl (C=O) groups is 1. The second kappa shape index (κ2) is 5.61. The van der Waals surface area contributed by atoms with Crippen LogP contribution < -0.4 is 10.6 Å². The molecule has 1 heterocycles. The van der Waals surface area contributed by atoms with Gasteiger partial charge in [-0.25, -0.2) is 0 Å². The fraction of sp³-hybridized carbons (Fsp3) is 0.533. The fourth-order valence-corrected chi connectivity index (χ4v) is 2.52. The third-order valence-electron chi connectivity index (χ3n) is 3.59. The van der Waals surface area contributed by atoms with E-state index in [1.807, 2.05) is 31.2 Å². The normalized spacial score (nSPS) is 22.4. The second-order valence-corrected chi connectivity index (χ2v) is 5.20. The number of amides is 1. The van der Waals surface area contributed by atoms with E-state index in [1.165, 1.54) is 0 Å². The first-order valence-corrected chi connectivity index (χ1v) is 6.89. The Kier molecular flexibility index (Phi) is 4.10. The van der Waals surface area contributed by atoms with E-state index in [-0.39, 0.29) is 5.91 Å². The molecule has 1 fully saturated rings. The van der Waals surface area contributed by atoms with Gasteiger partial charge in [0.15, 0.2) is 0 Å². The van der Waals surface area contributed by atoms with Crippen LogP contribution in [0, 0.1) is 0 Å². The zero-order chi connectivity index (χ0) is 13.9. The van der Waals surface area contributed by atoms with E-state index in [1.54, 1.807) is 4.90 Å². The van der Waals surface area contributed by atoms with Gasteiger partial charge in [0.1, 0.15) is 5.60 Å². The summed E-state index contributed by atoms with van der Waals surface area (Å²) in [6, 6.07) is 7.49. The summed E-state index contributed by atoms with van der Waals surface area (Å²) in [5.74, 6) is 0.0183. The Labute approximate surface area is 114 Å². The highest BCUT2D eigenvalue weighted by Crippen LogP contribution is 2.31. The van der Waals surface area contributed by atoms with Gasteiger partial charge in [0.2, 0.25) is 0 Å². The molecule has 1 unspecified atom stereocenters. The van der Waals surface area contributed by atoms with Crippen LogP contribution in [0.2, 0.25) is 0 Å². The number of nitrogens with zero attached hydrogens (tertiary/aromatic N) is 1. The molecule has 4 nitrogen and oxygen atoms in total. The molecule has 0 spiro atoms. The van der Waals surface area contributed by atoms with Gasteiger partial charge in [-0.15, -0.1) is 0 Å². The van der Waals surface area contributed by atoms with Gasteiger partial charge in [0.25, 0.3) is 5.91 Å². The van der Waals surface area contributed by atoms with Gasteiger partial charge in [-0.1, -0.05) is 19.1 Å².